The van der Waals surface area contributed by atoms with Gasteiger partial charge < -0.3 is 14.9 Å². The third-order valence-corrected chi connectivity index (χ3v) is 3.64. The Morgan fingerprint density at radius 2 is 1.85 bits per heavy atom. The Labute approximate surface area is 121 Å². The van der Waals surface area contributed by atoms with Gasteiger partial charge in [-0.2, -0.15) is 0 Å². The summed E-state index contributed by atoms with van der Waals surface area (Å²) in [5.41, 5.74) is 0. The minimum atomic E-state index is -0.800. The van der Waals surface area contributed by atoms with Gasteiger partial charge in [-0.25, -0.2) is 4.79 Å². The standard InChI is InChI=1S/C15H28N2O3/c1-4-5-10-17(13-8-9-13)15(20)16(12(2)3)11-6-7-14(18)19/h12-13H,4-11H2,1-3H3,(H,18,19). The molecule has 0 atom stereocenters. The first-order chi connectivity index (χ1) is 9.47. The molecule has 0 unspecified atom stereocenters. The minimum Gasteiger partial charge on any atom is -0.481 e. The number of carbonyl (C=O) groups excluding carboxylic acids is 1. The molecule has 2 amide bonds. The molecule has 0 aliphatic heterocycles. The van der Waals surface area contributed by atoms with Gasteiger partial charge in [0.05, 0.1) is 0 Å². The van der Waals surface area contributed by atoms with E-state index in [-0.39, 0.29) is 18.5 Å². The van der Waals surface area contributed by atoms with Gasteiger partial charge in [0.25, 0.3) is 0 Å². The summed E-state index contributed by atoms with van der Waals surface area (Å²) in [4.78, 5) is 27.1. The van der Waals surface area contributed by atoms with Crippen LogP contribution in [0.5, 0.6) is 0 Å². The van der Waals surface area contributed by atoms with E-state index in [0.717, 1.165) is 32.2 Å². The van der Waals surface area contributed by atoms with Crippen molar-refractivity contribution in [1.82, 2.24) is 9.80 Å². The van der Waals surface area contributed by atoms with Crippen molar-refractivity contribution in [2.75, 3.05) is 13.1 Å². The second kappa shape index (κ2) is 8.12. The van der Waals surface area contributed by atoms with Gasteiger partial charge in [0, 0.05) is 31.6 Å². The summed E-state index contributed by atoms with van der Waals surface area (Å²) < 4.78 is 0. The molecule has 0 saturated heterocycles. The third kappa shape index (κ3) is 5.39. The van der Waals surface area contributed by atoms with E-state index < -0.39 is 5.97 Å². The molecule has 1 aliphatic carbocycles. The van der Waals surface area contributed by atoms with Crippen LogP contribution in [0.3, 0.4) is 0 Å². The molecule has 20 heavy (non-hydrogen) atoms. The molecule has 0 aromatic heterocycles. The average molecular weight is 284 g/mol. The molecule has 0 aromatic carbocycles. The number of nitrogens with zero attached hydrogens (tertiary/aromatic N) is 2. The number of amides is 2. The van der Waals surface area contributed by atoms with Crippen LogP contribution in [-0.2, 0) is 4.79 Å². The molecule has 1 saturated carbocycles. The number of rotatable bonds is 9. The van der Waals surface area contributed by atoms with Gasteiger partial charge >= 0.3 is 12.0 Å². The highest BCUT2D eigenvalue weighted by atomic mass is 16.4. The van der Waals surface area contributed by atoms with E-state index in [1.54, 1.807) is 0 Å². The van der Waals surface area contributed by atoms with E-state index in [2.05, 4.69) is 6.92 Å². The van der Waals surface area contributed by atoms with E-state index in [1.165, 1.54) is 0 Å². The number of hydrogen-bond donors (Lipinski definition) is 1. The Morgan fingerprint density at radius 1 is 1.20 bits per heavy atom. The molecule has 1 N–H and O–H groups in total. The fraction of sp³-hybridized carbons (Fsp3) is 0.867. The zero-order valence-electron chi connectivity index (χ0n) is 13.0. The highest BCUT2D eigenvalue weighted by Crippen LogP contribution is 2.28. The van der Waals surface area contributed by atoms with E-state index >= 15 is 0 Å². The van der Waals surface area contributed by atoms with Crippen molar-refractivity contribution >= 4 is 12.0 Å². The number of carboxylic acids is 1. The lowest BCUT2D eigenvalue weighted by atomic mass is 10.2. The summed E-state index contributed by atoms with van der Waals surface area (Å²) >= 11 is 0. The quantitative estimate of drug-likeness (QED) is 0.708. The predicted octanol–water partition coefficient (Wildman–Crippen LogP) is 2.95. The Hall–Kier alpha value is -1.26. The van der Waals surface area contributed by atoms with Crippen molar-refractivity contribution in [2.24, 2.45) is 0 Å². The topological polar surface area (TPSA) is 60.9 Å². The molecule has 0 bridgehead atoms. The molecule has 1 fully saturated rings. The monoisotopic (exact) mass is 284 g/mol. The number of unbranched alkanes of at least 4 members (excludes halogenated alkanes) is 1. The number of hydrogen-bond acceptors (Lipinski definition) is 2. The summed E-state index contributed by atoms with van der Waals surface area (Å²) in [5, 5.41) is 8.71. The van der Waals surface area contributed by atoms with Crippen LogP contribution in [0.2, 0.25) is 0 Å². The second-order valence-electron chi connectivity index (χ2n) is 5.85. The largest absolute Gasteiger partial charge is 0.481 e. The predicted molar refractivity (Wildman–Crippen MR) is 78.7 cm³/mol. The lowest BCUT2D eigenvalue weighted by Gasteiger charge is -2.33. The lowest BCUT2D eigenvalue weighted by Crippen LogP contribution is -2.48. The molecule has 116 valence electrons. The first kappa shape index (κ1) is 16.8. The summed E-state index contributed by atoms with van der Waals surface area (Å²) in [6.45, 7) is 7.45. The zero-order chi connectivity index (χ0) is 15.1. The van der Waals surface area contributed by atoms with E-state index in [9.17, 15) is 9.59 Å². The fourth-order valence-corrected chi connectivity index (χ4v) is 2.29. The van der Waals surface area contributed by atoms with Gasteiger partial charge in [0.15, 0.2) is 0 Å². The van der Waals surface area contributed by atoms with Crippen molar-refractivity contribution in [1.29, 1.82) is 0 Å². The van der Waals surface area contributed by atoms with Crippen LogP contribution in [0.1, 0.15) is 59.3 Å². The highest BCUT2D eigenvalue weighted by molar-refractivity contribution is 5.75. The fourth-order valence-electron chi connectivity index (χ4n) is 2.29. The first-order valence-electron chi connectivity index (χ1n) is 7.76. The number of urea groups is 1. The molecular formula is C15H28N2O3. The maximum atomic E-state index is 12.7. The highest BCUT2D eigenvalue weighted by Gasteiger charge is 2.34. The van der Waals surface area contributed by atoms with Crippen LogP contribution in [-0.4, -0.2) is 52.1 Å². The zero-order valence-corrected chi connectivity index (χ0v) is 13.0. The molecule has 0 heterocycles. The van der Waals surface area contributed by atoms with Gasteiger partial charge in [-0.3, -0.25) is 4.79 Å². The van der Waals surface area contributed by atoms with Crippen LogP contribution in [0, 0.1) is 0 Å². The maximum absolute atomic E-state index is 12.7. The van der Waals surface area contributed by atoms with Crippen molar-refractivity contribution < 1.29 is 14.7 Å². The van der Waals surface area contributed by atoms with E-state index in [4.69, 9.17) is 5.11 Å². The van der Waals surface area contributed by atoms with Gasteiger partial charge in [-0.15, -0.1) is 0 Å². The SMILES string of the molecule is CCCCN(C(=O)N(CCCC(=O)O)C(C)C)C1CC1. The molecule has 5 heteroatoms. The molecule has 1 rings (SSSR count). The van der Waals surface area contributed by atoms with Crippen molar-refractivity contribution in [3.63, 3.8) is 0 Å². The van der Waals surface area contributed by atoms with Gasteiger partial charge in [0.2, 0.25) is 0 Å². The van der Waals surface area contributed by atoms with Crippen molar-refractivity contribution in [3.05, 3.63) is 0 Å². The van der Waals surface area contributed by atoms with Crippen LogP contribution in [0.25, 0.3) is 0 Å². The van der Waals surface area contributed by atoms with Crippen LogP contribution < -0.4 is 0 Å². The smallest absolute Gasteiger partial charge is 0.320 e. The summed E-state index contributed by atoms with van der Waals surface area (Å²) in [7, 11) is 0. The van der Waals surface area contributed by atoms with Gasteiger partial charge in [0.1, 0.15) is 0 Å². The van der Waals surface area contributed by atoms with Gasteiger partial charge in [-0.1, -0.05) is 13.3 Å². The normalized spacial score (nSPS) is 14.4. The van der Waals surface area contributed by atoms with Crippen LogP contribution >= 0.6 is 0 Å². The van der Waals surface area contributed by atoms with Gasteiger partial charge in [-0.05, 0) is 39.5 Å². The van der Waals surface area contributed by atoms with E-state index in [1.807, 2.05) is 23.6 Å². The summed E-state index contributed by atoms with van der Waals surface area (Å²) in [6.07, 6.45) is 4.97. The molecule has 5 nitrogen and oxygen atoms in total. The average Bonchev–Trinajstić information content (AvgIpc) is 3.18. The molecule has 0 spiro atoms. The molecule has 1 aliphatic rings. The minimum absolute atomic E-state index is 0.0846. The lowest BCUT2D eigenvalue weighted by molar-refractivity contribution is -0.137. The Balaban J connectivity index is 2.57. The van der Waals surface area contributed by atoms with Crippen molar-refractivity contribution in [2.45, 2.75) is 71.4 Å². The summed E-state index contributed by atoms with van der Waals surface area (Å²) in [6, 6.07) is 0.607. The third-order valence-electron chi connectivity index (χ3n) is 3.64. The molecule has 0 radical (unpaired) electrons. The Bertz CT molecular complexity index is 327. The number of carbonyl (C=O) groups is 2. The van der Waals surface area contributed by atoms with Crippen LogP contribution in [0.15, 0.2) is 0 Å². The van der Waals surface area contributed by atoms with Crippen LogP contribution in [0.4, 0.5) is 4.79 Å². The van der Waals surface area contributed by atoms with Crippen molar-refractivity contribution in [3.8, 4) is 0 Å². The van der Waals surface area contributed by atoms with E-state index in [0.29, 0.717) is 19.0 Å². The maximum Gasteiger partial charge on any atom is 0.320 e. The second-order valence-corrected chi connectivity index (χ2v) is 5.85. The summed E-state index contributed by atoms with van der Waals surface area (Å²) in [5.74, 6) is -0.800. The Kier molecular flexibility index (Phi) is 6.82. The molecular weight excluding hydrogens is 256 g/mol. The Morgan fingerprint density at radius 3 is 2.30 bits per heavy atom. The molecule has 0 aromatic rings. The number of aliphatic carboxylic acids is 1. The number of carboxylic acid groups (broad SMARTS) is 1. The first-order valence-corrected chi connectivity index (χ1v) is 7.76.